The fraction of sp³-hybridized carbons (Fsp3) is 0.562. The van der Waals surface area contributed by atoms with Crippen molar-refractivity contribution in [3.8, 4) is 0 Å². The molecule has 0 N–H and O–H groups in total. The van der Waals surface area contributed by atoms with Gasteiger partial charge in [0.1, 0.15) is 0 Å². The molecule has 1 aromatic rings. The third-order valence-corrected chi connectivity index (χ3v) is 3.21. The molecule has 1 aromatic carbocycles. The van der Waals surface area contributed by atoms with E-state index in [-0.39, 0.29) is 5.97 Å². The predicted octanol–water partition coefficient (Wildman–Crippen LogP) is 3.99. The zero-order valence-corrected chi connectivity index (χ0v) is 11.5. The first-order valence-electron chi connectivity index (χ1n) is 6.95. The van der Waals surface area contributed by atoms with E-state index in [1.54, 1.807) is 0 Å². The molecule has 0 aromatic heterocycles. The van der Waals surface area contributed by atoms with Gasteiger partial charge in [0.15, 0.2) is 0 Å². The maximum Gasteiger partial charge on any atom is 0.310 e. The summed E-state index contributed by atoms with van der Waals surface area (Å²) in [5.74, 6) is 0.404. The summed E-state index contributed by atoms with van der Waals surface area (Å²) >= 11 is 0. The lowest BCUT2D eigenvalue weighted by Gasteiger charge is -2.14. The minimum atomic E-state index is -0.115. The Morgan fingerprint density at radius 1 is 1.22 bits per heavy atom. The van der Waals surface area contributed by atoms with Crippen molar-refractivity contribution in [3.05, 3.63) is 35.9 Å². The van der Waals surface area contributed by atoms with Crippen LogP contribution >= 0.6 is 0 Å². The van der Waals surface area contributed by atoms with Gasteiger partial charge in [0.25, 0.3) is 0 Å². The van der Waals surface area contributed by atoms with Crippen LogP contribution in [0.15, 0.2) is 30.3 Å². The highest BCUT2D eigenvalue weighted by molar-refractivity contribution is 5.72. The zero-order valence-electron chi connectivity index (χ0n) is 11.5. The molecule has 2 nitrogen and oxygen atoms in total. The number of carbonyl (C=O) groups excluding carboxylic acids is 1. The molecule has 0 radical (unpaired) electrons. The van der Waals surface area contributed by atoms with E-state index in [2.05, 4.69) is 13.8 Å². The van der Waals surface area contributed by atoms with Gasteiger partial charge in [0.2, 0.25) is 0 Å². The molecule has 1 atom stereocenters. The van der Waals surface area contributed by atoms with Crippen LogP contribution in [0, 0.1) is 5.92 Å². The highest BCUT2D eigenvalue weighted by Gasteiger charge is 2.10. The summed E-state index contributed by atoms with van der Waals surface area (Å²) in [5, 5.41) is 0. The normalized spacial score (nSPS) is 12.1. The molecule has 18 heavy (non-hydrogen) atoms. The Bertz CT molecular complexity index is 332. The van der Waals surface area contributed by atoms with E-state index in [4.69, 9.17) is 4.74 Å². The molecule has 0 fully saturated rings. The van der Waals surface area contributed by atoms with E-state index in [0.717, 1.165) is 18.4 Å². The second-order valence-corrected chi connectivity index (χ2v) is 4.76. The number of esters is 1. The second kappa shape index (κ2) is 8.73. The van der Waals surface area contributed by atoms with Crippen LogP contribution in [-0.4, -0.2) is 12.6 Å². The van der Waals surface area contributed by atoms with Crippen molar-refractivity contribution >= 4 is 5.97 Å². The van der Waals surface area contributed by atoms with Crippen LogP contribution in [0.4, 0.5) is 0 Å². The van der Waals surface area contributed by atoms with Crippen molar-refractivity contribution in [2.75, 3.05) is 6.61 Å². The molecule has 0 aliphatic carbocycles. The molecule has 0 heterocycles. The molecule has 0 aliphatic rings. The average molecular weight is 248 g/mol. The largest absolute Gasteiger partial charge is 0.465 e. The Morgan fingerprint density at radius 3 is 2.56 bits per heavy atom. The lowest BCUT2D eigenvalue weighted by atomic mass is 10.0. The molecule has 0 bridgehead atoms. The van der Waals surface area contributed by atoms with Crippen molar-refractivity contribution in [3.63, 3.8) is 0 Å². The smallest absolute Gasteiger partial charge is 0.310 e. The number of unbranched alkanes of at least 4 members (excludes halogenated alkanes) is 1. The van der Waals surface area contributed by atoms with Crippen molar-refractivity contribution in [2.24, 2.45) is 5.92 Å². The topological polar surface area (TPSA) is 26.3 Å². The summed E-state index contributed by atoms with van der Waals surface area (Å²) in [6.07, 6.45) is 5.04. The molecule has 100 valence electrons. The average Bonchev–Trinajstić information content (AvgIpc) is 2.40. The van der Waals surface area contributed by atoms with Gasteiger partial charge >= 0.3 is 5.97 Å². The molecule has 0 saturated heterocycles. The summed E-state index contributed by atoms with van der Waals surface area (Å²) < 4.78 is 5.36. The van der Waals surface area contributed by atoms with Crippen molar-refractivity contribution in [2.45, 2.75) is 46.0 Å². The van der Waals surface area contributed by atoms with E-state index in [0.29, 0.717) is 18.9 Å². The minimum Gasteiger partial charge on any atom is -0.465 e. The van der Waals surface area contributed by atoms with E-state index in [9.17, 15) is 4.79 Å². The molecule has 0 unspecified atom stereocenters. The molecular formula is C16H24O2. The van der Waals surface area contributed by atoms with E-state index in [1.165, 1.54) is 12.8 Å². The summed E-state index contributed by atoms with van der Waals surface area (Å²) in [5.41, 5.74) is 1.02. The maximum absolute atomic E-state index is 11.7. The summed E-state index contributed by atoms with van der Waals surface area (Å²) in [7, 11) is 0. The van der Waals surface area contributed by atoms with Gasteiger partial charge in [-0.3, -0.25) is 4.79 Å². The van der Waals surface area contributed by atoms with Gasteiger partial charge in [-0.25, -0.2) is 0 Å². The quantitative estimate of drug-likeness (QED) is 0.650. The van der Waals surface area contributed by atoms with Gasteiger partial charge in [-0.15, -0.1) is 0 Å². The molecule has 1 rings (SSSR count). The van der Waals surface area contributed by atoms with Crippen LogP contribution in [0.25, 0.3) is 0 Å². The standard InChI is InChI=1S/C16H24O2/c1-3-5-9-14(4-2)13-18-16(17)12-15-10-7-6-8-11-15/h6-8,10-11,14H,3-5,9,12-13H2,1-2H3/t14-/m1/s1. The first-order valence-corrected chi connectivity index (χ1v) is 6.95. The summed E-state index contributed by atoms with van der Waals surface area (Å²) in [4.78, 5) is 11.7. The maximum atomic E-state index is 11.7. The van der Waals surface area contributed by atoms with Crippen molar-refractivity contribution in [1.29, 1.82) is 0 Å². The predicted molar refractivity (Wildman–Crippen MR) is 74.4 cm³/mol. The Hall–Kier alpha value is -1.31. The minimum absolute atomic E-state index is 0.115. The SMILES string of the molecule is CCCC[C@@H](CC)COC(=O)Cc1ccccc1. The van der Waals surface area contributed by atoms with Crippen molar-refractivity contribution < 1.29 is 9.53 Å². The lowest BCUT2D eigenvalue weighted by Crippen LogP contribution is -2.15. The van der Waals surface area contributed by atoms with Crippen LogP contribution in [0.3, 0.4) is 0 Å². The zero-order chi connectivity index (χ0) is 13.2. The van der Waals surface area contributed by atoms with Crippen LogP contribution in [0.1, 0.15) is 45.1 Å². The number of benzene rings is 1. The van der Waals surface area contributed by atoms with Crippen LogP contribution in [0.2, 0.25) is 0 Å². The Balaban J connectivity index is 2.27. The molecular weight excluding hydrogens is 224 g/mol. The number of ether oxygens (including phenoxy) is 1. The lowest BCUT2D eigenvalue weighted by molar-refractivity contribution is -0.144. The van der Waals surface area contributed by atoms with Gasteiger partial charge in [0, 0.05) is 0 Å². The molecule has 0 saturated carbocycles. The second-order valence-electron chi connectivity index (χ2n) is 4.76. The van der Waals surface area contributed by atoms with Gasteiger partial charge < -0.3 is 4.74 Å². The van der Waals surface area contributed by atoms with E-state index < -0.39 is 0 Å². The molecule has 0 aliphatic heterocycles. The third kappa shape index (κ3) is 5.85. The van der Waals surface area contributed by atoms with Crippen molar-refractivity contribution in [1.82, 2.24) is 0 Å². The molecule has 2 heteroatoms. The van der Waals surface area contributed by atoms with Crippen LogP contribution in [0.5, 0.6) is 0 Å². The highest BCUT2D eigenvalue weighted by Crippen LogP contribution is 2.13. The van der Waals surface area contributed by atoms with E-state index in [1.807, 2.05) is 30.3 Å². The third-order valence-electron chi connectivity index (χ3n) is 3.21. The number of rotatable bonds is 8. The fourth-order valence-electron chi connectivity index (χ4n) is 1.92. The van der Waals surface area contributed by atoms with E-state index >= 15 is 0 Å². The first kappa shape index (κ1) is 14.7. The Morgan fingerprint density at radius 2 is 1.94 bits per heavy atom. The van der Waals surface area contributed by atoms with Gasteiger partial charge in [-0.1, -0.05) is 63.4 Å². The molecule has 0 amide bonds. The molecule has 0 spiro atoms. The summed E-state index contributed by atoms with van der Waals surface area (Å²) in [6, 6.07) is 9.75. The number of hydrogen-bond donors (Lipinski definition) is 0. The monoisotopic (exact) mass is 248 g/mol. The highest BCUT2D eigenvalue weighted by atomic mass is 16.5. The summed E-state index contributed by atoms with van der Waals surface area (Å²) in [6.45, 7) is 4.92. The fourth-order valence-corrected chi connectivity index (χ4v) is 1.92. The Kier molecular flexibility index (Phi) is 7.16. The number of carbonyl (C=O) groups is 1. The number of hydrogen-bond acceptors (Lipinski definition) is 2. The van der Waals surface area contributed by atoms with Crippen LogP contribution in [-0.2, 0) is 16.0 Å². The van der Waals surface area contributed by atoms with Gasteiger partial charge in [0.05, 0.1) is 13.0 Å². The first-order chi connectivity index (χ1) is 8.76. The van der Waals surface area contributed by atoms with Gasteiger partial charge in [-0.05, 0) is 17.9 Å². The Labute approximate surface area is 110 Å². The van der Waals surface area contributed by atoms with Crippen LogP contribution < -0.4 is 0 Å². The van der Waals surface area contributed by atoms with Gasteiger partial charge in [-0.2, -0.15) is 0 Å².